The third kappa shape index (κ3) is 4.80. The van der Waals surface area contributed by atoms with Gasteiger partial charge in [0.05, 0.1) is 28.9 Å². The maximum Gasteiger partial charge on any atom is 0.416 e. The first-order valence-electron chi connectivity index (χ1n) is 11.3. The van der Waals surface area contributed by atoms with Gasteiger partial charge < -0.3 is 9.64 Å². The number of alkyl halides is 3. The van der Waals surface area contributed by atoms with E-state index in [1.807, 2.05) is 0 Å². The molecular formula is C26H24F3N3O3. The molecule has 35 heavy (non-hydrogen) atoms. The van der Waals surface area contributed by atoms with Crippen LogP contribution in [0.1, 0.15) is 48.4 Å². The second-order valence-corrected chi connectivity index (χ2v) is 8.48. The minimum atomic E-state index is -4.57. The van der Waals surface area contributed by atoms with Gasteiger partial charge in [-0.15, -0.1) is 0 Å². The highest BCUT2D eigenvalue weighted by molar-refractivity contribution is 6.06. The van der Waals surface area contributed by atoms with Crippen molar-refractivity contribution in [3.63, 3.8) is 0 Å². The second-order valence-electron chi connectivity index (χ2n) is 8.48. The molecule has 1 aliphatic carbocycles. The van der Waals surface area contributed by atoms with E-state index in [1.165, 1.54) is 29.0 Å². The zero-order chi connectivity index (χ0) is 25.2. The van der Waals surface area contributed by atoms with Crippen LogP contribution < -0.4 is 4.90 Å². The number of halogens is 3. The number of nitriles is 1. The third-order valence-electron chi connectivity index (χ3n) is 6.26. The number of carbonyl (C=O) groups is 2. The summed E-state index contributed by atoms with van der Waals surface area (Å²) >= 11 is 0. The predicted octanol–water partition coefficient (Wildman–Crippen LogP) is 5.60. The number of nitrogens with zero attached hydrogens (tertiary/aromatic N) is 3. The lowest BCUT2D eigenvalue weighted by Crippen LogP contribution is -2.52. The van der Waals surface area contributed by atoms with Gasteiger partial charge in [0.25, 0.3) is 0 Å². The Morgan fingerprint density at radius 3 is 2.51 bits per heavy atom. The normalized spacial score (nSPS) is 18.5. The maximum atomic E-state index is 13.9. The van der Waals surface area contributed by atoms with Crippen LogP contribution in [0.2, 0.25) is 0 Å². The van der Waals surface area contributed by atoms with E-state index in [1.54, 1.807) is 24.3 Å². The summed E-state index contributed by atoms with van der Waals surface area (Å²) in [5, 5.41) is 9.17. The Bertz CT molecular complexity index is 1200. The molecule has 2 aromatic carbocycles. The van der Waals surface area contributed by atoms with Gasteiger partial charge in [-0.3, -0.25) is 9.69 Å². The van der Waals surface area contributed by atoms with E-state index in [0.29, 0.717) is 54.7 Å². The third-order valence-corrected chi connectivity index (χ3v) is 6.26. The lowest BCUT2D eigenvalue weighted by molar-refractivity contribution is -0.137. The number of ether oxygens (including phenoxy) is 1. The van der Waals surface area contributed by atoms with Gasteiger partial charge >= 0.3 is 12.2 Å². The van der Waals surface area contributed by atoms with Gasteiger partial charge in [-0.25, -0.2) is 4.79 Å². The van der Waals surface area contributed by atoms with Crippen molar-refractivity contribution < 1.29 is 27.5 Å². The van der Waals surface area contributed by atoms with Crippen molar-refractivity contribution in [3.8, 4) is 6.07 Å². The van der Waals surface area contributed by atoms with Crippen LogP contribution in [0.4, 0.5) is 23.7 Å². The summed E-state index contributed by atoms with van der Waals surface area (Å²) in [7, 11) is 1.54. The molecule has 4 rings (SSSR count). The molecule has 2 amide bonds. The van der Waals surface area contributed by atoms with Gasteiger partial charge in [-0.05, 0) is 55.2 Å². The molecule has 1 aliphatic heterocycles. The van der Waals surface area contributed by atoms with Gasteiger partial charge in [-0.1, -0.05) is 18.2 Å². The van der Waals surface area contributed by atoms with Crippen molar-refractivity contribution in [2.75, 3.05) is 25.2 Å². The van der Waals surface area contributed by atoms with E-state index in [-0.39, 0.29) is 18.0 Å². The van der Waals surface area contributed by atoms with Gasteiger partial charge in [0.1, 0.15) is 0 Å². The van der Waals surface area contributed by atoms with Crippen LogP contribution in [0.15, 0.2) is 59.8 Å². The van der Waals surface area contributed by atoms with Crippen LogP contribution in [0.5, 0.6) is 0 Å². The van der Waals surface area contributed by atoms with Crippen molar-refractivity contribution >= 4 is 17.5 Å². The van der Waals surface area contributed by atoms with Crippen LogP contribution in [0, 0.1) is 11.3 Å². The zero-order valence-corrected chi connectivity index (χ0v) is 19.1. The van der Waals surface area contributed by atoms with Crippen molar-refractivity contribution in [2.45, 2.75) is 37.9 Å². The Hall–Kier alpha value is -3.64. The number of carbonyl (C=O) groups excluding carboxylic acids is 2. The summed E-state index contributed by atoms with van der Waals surface area (Å²) in [5.41, 5.74) is 1.16. The lowest BCUT2D eigenvalue weighted by atomic mass is 9.83. The number of allylic oxidation sites excluding steroid dienone is 1. The molecule has 0 radical (unpaired) electrons. The monoisotopic (exact) mass is 483 g/mol. The number of Topliss-reactive ketones (excluding diaryl/α,β-unsaturated/α-hetero) is 1. The largest absolute Gasteiger partial charge is 0.416 e. The molecule has 0 bridgehead atoms. The van der Waals surface area contributed by atoms with Crippen molar-refractivity contribution in [2.24, 2.45) is 0 Å². The average molecular weight is 483 g/mol. The van der Waals surface area contributed by atoms with E-state index in [9.17, 15) is 22.8 Å². The van der Waals surface area contributed by atoms with E-state index in [2.05, 4.69) is 6.07 Å². The van der Waals surface area contributed by atoms with Crippen LogP contribution in [-0.2, 0) is 15.7 Å². The molecule has 0 fully saturated rings. The van der Waals surface area contributed by atoms with Crippen molar-refractivity contribution in [1.82, 2.24) is 4.90 Å². The molecule has 1 heterocycles. The van der Waals surface area contributed by atoms with Gasteiger partial charge in [0, 0.05) is 38.0 Å². The molecule has 182 valence electrons. The first-order chi connectivity index (χ1) is 16.8. The standard InChI is InChI=1S/C26H24F3N3O3/c1-35-14-4-13-31-24(18-11-9-17(16-30)10-12-18)23-21(7-3-8-22(23)33)32(25(31)34)20-6-2-5-19(15-20)26(27,28)29/h2,5-6,9-12,15,24H,3-4,7-8,13-14H2,1H3. The molecule has 0 N–H and O–H groups in total. The Morgan fingerprint density at radius 1 is 1.11 bits per heavy atom. The number of urea groups is 1. The van der Waals surface area contributed by atoms with E-state index >= 15 is 0 Å². The Labute approximate surface area is 201 Å². The highest BCUT2D eigenvalue weighted by atomic mass is 19.4. The maximum absolute atomic E-state index is 13.9. The topological polar surface area (TPSA) is 73.6 Å². The molecule has 0 aromatic heterocycles. The van der Waals surface area contributed by atoms with Gasteiger partial charge in [-0.2, -0.15) is 18.4 Å². The van der Waals surface area contributed by atoms with Crippen LogP contribution in [-0.4, -0.2) is 37.0 Å². The summed E-state index contributed by atoms with van der Waals surface area (Å²) in [6.45, 7) is 0.601. The number of rotatable bonds is 6. The number of benzene rings is 2. The molecule has 0 saturated carbocycles. The van der Waals surface area contributed by atoms with Crippen molar-refractivity contribution in [1.29, 1.82) is 5.26 Å². The molecule has 1 unspecified atom stereocenters. The zero-order valence-electron chi connectivity index (χ0n) is 19.1. The first-order valence-corrected chi connectivity index (χ1v) is 11.3. The van der Waals surface area contributed by atoms with Crippen LogP contribution >= 0.6 is 0 Å². The van der Waals surface area contributed by atoms with E-state index in [0.717, 1.165) is 12.1 Å². The van der Waals surface area contributed by atoms with Crippen LogP contribution in [0.3, 0.4) is 0 Å². The first kappa shape index (κ1) is 24.5. The Morgan fingerprint density at radius 2 is 1.86 bits per heavy atom. The Kier molecular flexibility index (Phi) is 6.94. The number of anilines is 1. The van der Waals surface area contributed by atoms with Gasteiger partial charge in [0.15, 0.2) is 5.78 Å². The van der Waals surface area contributed by atoms with E-state index in [4.69, 9.17) is 10.00 Å². The minimum absolute atomic E-state index is 0.0713. The summed E-state index contributed by atoms with van der Waals surface area (Å²) in [6, 6.07) is 12.1. The highest BCUT2D eigenvalue weighted by Gasteiger charge is 2.44. The number of hydrogen-bond donors (Lipinski definition) is 0. The molecule has 1 atom stereocenters. The highest BCUT2D eigenvalue weighted by Crippen LogP contribution is 2.44. The second kappa shape index (κ2) is 9.92. The van der Waals surface area contributed by atoms with Gasteiger partial charge in [0.2, 0.25) is 0 Å². The number of ketones is 1. The molecule has 9 heteroatoms. The molecule has 2 aliphatic rings. The molecule has 0 spiro atoms. The fourth-order valence-corrected chi connectivity index (χ4v) is 4.68. The fraction of sp³-hybridized carbons (Fsp3) is 0.346. The fourth-order valence-electron chi connectivity index (χ4n) is 4.68. The summed E-state index contributed by atoms with van der Waals surface area (Å²) in [6.07, 6.45) is -2.91. The smallest absolute Gasteiger partial charge is 0.385 e. The molecule has 2 aromatic rings. The molecule has 6 nitrogen and oxygen atoms in total. The summed E-state index contributed by atoms with van der Waals surface area (Å²) < 4.78 is 45.5. The predicted molar refractivity (Wildman–Crippen MR) is 122 cm³/mol. The number of amides is 2. The Balaban J connectivity index is 1.89. The van der Waals surface area contributed by atoms with E-state index < -0.39 is 23.8 Å². The molecular weight excluding hydrogens is 459 g/mol. The number of hydrogen-bond acceptors (Lipinski definition) is 4. The number of methoxy groups -OCH3 is 1. The van der Waals surface area contributed by atoms with Crippen molar-refractivity contribution in [3.05, 3.63) is 76.5 Å². The SMILES string of the molecule is COCCCN1C(=O)N(c2cccc(C(F)(F)F)c2)C2=C(C(=O)CCC2)C1c1ccc(C#N)cc1. The minimum Gasteiger partial charge on any atom is -0.385 e. The summed E-state index contributed by atoms with van der Waals surface area (Å²) in [4.78, 5) is 29.9. The quantitative estimate of drug-likeness (QED) is 0.501. The summed E-state index contributed by atoms with van der Waals surface area (Å²) in [5.74, 6) is -0.137. The van der Waals surface area contributed by atoms with Crippen LogP contribution in [0.25, 0.3) is 0 Å². The average Bonchev–Trinajstić information content (AvgIpc) is 2.84. The molecule has 0 saturated heterocycles. The lowest BCUT2D eigenvalue weighted by Gasteiger charge is -2.45.